The maximum absolute atomic E-state index is 13.6. The van der Waals surface area contributed by atoms with E-state index in [1.165, 1.54) is 17.4 Å². The third-order valence-electron chi connectivity index (χ3n) is 2.25. The minimum Gasteiger partial charge on any atom is -0.204 e. The number of rotatable bonds is 2. The van der Waals surface area contributed by atoms with Gasteiger partial charge in [0.15, 0.2) is 17.5 Å². The van der Waals surface area contributed by atoms with Gasteiger partial charge in [0.05, 0.1) is 4.83 Å². The predicted octanol–water partition coefficient (Wildman–Crippen LogP) is 6.07. The van der Waals surface area contributed by atoms with Gasteiger partial charge in [-0.2, -0.15) is 0 Å². The fraction of sp³-hybridized carbons (Fsp3) is 0.0909. The molecule has 0 spiro atoms. The van der Waals surface area contributed by atoms with Gasteiger partial charge in [0.25, 0.3) is 0 Å². The van der Waals surface area contributed by atoms with Gasteiger partial charge in [-0.05, 0) is 28.1 Å². The average molecular weight is 420 g/mol. The van der Waals surface area contributed by atoms with Crippen molar-refractivity contribution in [2.45, 2.75) is 4.83 Å². The topological polar surface area (TPSA) is 0 Å². The highest BCUT2D eigenvalue weighted by Crippen LogP contribution is 2.42. The third-order valence-corrected chi connectivity index (χ3v) is 6.08. The summed E-state index contributed by atoms with van der Waals surface area (Å²) in [6, 6.07) is 3.80. The second kappa shape index (κ2) is 5.53. The molecule has 0 aliphatic heterocycles. The number of hydrogen-bond donors (Lipinski definition) is 0. The molecule has 0 aliphatic rings. The summed E-state index contributed by atoms with van der Waals surface area (Å²) in [5.74, 6) is -3.88. The Labute approximate surface area is 127 Å². The van der Waals surface area contributed by atoms with Crippen molar-refractivity contribution in [3.8, 4) is 0 Å². The molecule has 0 saturated carbocycles. The smallest absolute Gasteiger partial charge is 0.194 e. The van der Waals surface area contributed by atoms with Crippen LogP contribution in [0.25, 0.3) is 0 Å². The van der Waals surface area contributed by atoms with Crippen molar-refractivity contribution in [3.05, 3.63) is 54.9 Å². The van der Waals surface area contributed by atoms with Crippen LogP contribution < -0.4 is 0 Å². The molecular weight excluding hydrogens is 416 g/mol. The van der Waals surface area contributed by atoms with Crippen LogP contribution in [0.1, 0.15) is 15.3 Å². The van der Waals surface area contributed by atoms with Gasteiger partial charge in [-0.3, -0.25) is 0 Å². The van der Waals surface area contributed by atoms with Crippen LogP contribution in [0, 0.1) is 17.5 Å². The van der Waals surface area contributed by atoms with Crippen LogP contribution in [0.15, 0.2) is 22.7 Å². The van der Waals surface area contributed by atoms with Gasteiger partial charge in [-0.25, -0.2) is 13.2 Å². The molecule has 0 fully saturated rings. The van der Waals surface area contributed by atoms with Gasteiger partial charge in [0.2, 0.25) is 0 Å². The molecule has 1 atom stereocenters. The van der Waals surface area contributed by atoms with Crippen molar-refractivity contribution in [1.29, 1.82) is 0 Å². The van der Waals surface area contributed by atoms with Gasteiger partial charge in [-0.15, -0.1) is 11.3 Å². The van der Waals surface area contributed by atoms with Crippen LogP contribution in [0.5, 0.6) is 0 Å². The lowest BCUT2D eigenvalue weighted by Gasteiger charge is -2.10. The van der Waals surface area contributed by atoms with Crippen LogP contribution in [0.3, 0.4) is 0 Å². The Balaban J connectivity index is 2.46. The van der Waals surface area contributed by atoms with Crippen LogP contribution in [-0.2, 0) is 0 Å². The van der Waals surface area contributed by atoms with E-state index in [-0.39, 0.29) is 5.56 Å². The van der Waals surface area contributed by atoms with Crippen LogP contribution in [-0.4, -0.2) is 0 Å². The molecule has 7 heteroatoms. The van der Waals surface area contributed by atoms with Crippen molar-refractivity contribution in [2.24, 2.45) is 0 Å². The van der Waals surface area contributed by atoms with Crippen molar-refractivity contribution in [1.82, 2.24) is 0 Å². The SMILES string of the molecule is Fc1ccc(C(Br)c2cc(Br)c(Cl)s2)c(F)c1F. The van der Waals surface area contributed by atoms with Gasteiger partial charge < -0.3 is 0 Å². The molecule has 0 amide bonds. The van der Waals surface area contributed by atoms with E-state index in [1.54, 1.807) is 6.07 Å². The number of halogens is 6. The standard InChI is InChI=1S/C11H4Br2ClF3S/c12-5-3-7(18-11(5)14)8(13)4-1-2-6(15)10(17)9(4)16/h1-3,8H. The average Bonchev–Trinajstić information content (AvgIpc) is 2.66. The van der Waals surface area contributed by atoms with Gasteiger partial charge in [-0.1, -0.05) is 33.6 Å². The zero-order valence-electron chi connectivity index (χ0n) is 8.49. The van der Waals surface area contributed by atoms with Crippen LogP contribution in [0.2, 0.25) is 4.34 Å². The van der Waals surface area contributed by atoms with E-state index >= 15 is 0 Å². The van der Waals surface area contributed by atoms with Crippen LogP contribution >= 0.6 is 54.8 Å². The summed E-state index contributed by atoms with van der Waals surface area (Å²) in [5, 5.41) is 0. The molecule has 18 heavy (non-hydrogen) atoms. The first-order valence-electron chi connectivity index (χ1n) is 4.64. The zero-order chi connectivity index (χ0) is 13.4. The van der Waals surface area contributed by atoms with E-state index in [9.17, 15) is 13.2 Å². The molecule has 2 rings (SSSR count). The molecule has 96 valence electrons. The lowest BCUT2D eigenvalue weighted by atomic mass is 10.1. The molecule has 0 aliphatic carbocycles. The second-order valence-corrected chi connectivity index (χ2v) is 6.85. The second-order valence-electron chi connectivity index (χ2n) is 3.40. The van der Waals surface area contributed by atoms with E-state index in [4.69, 9.17) is 11.6 Å². The van der Waals surface area contributed by atoms with E-state index in [0.29, 0.717) is 13.7 Å². The molecule has 1 unspecified atom stereocenters. The summed E-state index contributed by atoms with van der Waals surface area (Å²) in [7, 11) is 0. The van der Waals surface area contributed by atoms with Gasteiger partial charge in [0.1, 0.15) is 4.34 Å². The minimum absolute atomic E-state index is 0.0271. The highest BCUT2D eigenvalue weighted by atomic mass is 79.9. The van der Waals surface area contributed by atoms with Crippen molar-refractivity contribution < 1.29 is 13.2 Å². The number of thiophene rings is 1. The zero-order valence-corrected chi connectivity index (χ0v) is 13.2. The van der Waals surface area contributed by atoms with E-state index in [0.717, 1.165) is 6.07 Å². The molecule has 1 aromatic heterocycles. The molecule has 0 saturated heterocycles. The molecule has 0 radical (unpaired) electrons. The highest BCUT2D eigenvalue weighted by Gasteiger charge is 2.22. The Morgan fingerprint density at radius 3 is 2.39 bits per heavy atom. The normalized spacial score (nSPS) is 12.8. The maximum atomic E-state index is 13.6. The van der Waals surface area contributed by atoms with Gasteiger partial charge in [0, 0.05) is 14.9 Å². The molecular formula is C11H4Br2ClF3S. The largest absolute Gasteiger partial charge is 0.204 e. The van der Waals surface area contributed by atoms with Crippen molar-refractivity contribution in [2.75, 3.05) is 0 Å². The third kappa shape index (κ3) is 2.61. The summed E-state index contributed by atoms with van der Waals surface area (Å²) < 4.78 is 40.8. The lowest BCUT2D eigenvalue weighted by molar-refractivity contribution is 0.442. The molecule has 0 nitrogen and oxygen atoms in total. The summed E-state index contributed by atoms with van der Waals surface area (Å²) in [4.78, 5) is 0.109. The number of alkyl halides is 1. The molecule has 0 bridgehead atoms. The maximum Gasteiger partial charge on any atom is 0.194 e. The molecule has 2 aromatic rings. The van der Waals surface area contributed by atoms with E-state index in [1.807, 2.05) is 0 Å². The van der Waals surface area contributed by atoms with Crippen LogP contribution in [0.4, 0.5) is 13.2 Å². The summed E-state index contributed by atoms with van der Waals surface area (Å²) in [6.45, 7) is 0. The Morgan fingerprint density at radius 1 is 1.17 bits per heavy atom. The Hall–Kier alpha value is -0.0400. The number of hydrogen-bond acceptors (Lipinski definition) is 1. The molecule has 0 N–H and O–H groups in total. The first-order chi connectivity index (χ1) is 8.41. The first-order valence-corrected chi connectivity index (χ1v) is 7.54. The van der Waals surface area contributed by atoms with Crippen molar-refractivity contribution >= 4 is 54.8 Å². The molecule has 1 aromatic carbocycles. The predicted molar refractivity (Wildman–Crippen MR) is 74.1 cm³/mol. The fourth-order valence-electron chi connectivity index (χ4n) is 1.38. The first kappa shape index (κ1) is 14.4. The summed E-state index contributed by atoms with van der Waals surface area (Å²) >= 11 is 13.6. The Morgan fingerprint density at radius 2 is 1.83 bits per heavy atom. The lowest BCUT2D eigenvalue weighted by Crippen LogP contribution is -2.00. The summed E-state index contributed by atoms with van der Waals surface area (Å²) in [6.07, 6.45) is 0. The monoisotopic (exact) mass is 418 g/mol. The minimum atomic E-state index is -1.47. The highest BCUT2D eigenvalue weighted by molar-refractivity contribution is 9.10. The summed E-state index contributed by atoms with van der Waals surface area (Å²) in [5.41, 5.74) is 0.0271. The Kier molecular flexibility index (Phi) is 4.41. The van der Waals surface area contributed by atoms with E-state index in [2.05, 4.69) is 31.9 Å². The number of benzene rings is 1. The Bertz CT molecular complexity index is 581. The molecule has 1 heterocycles. The van der Waals surface area contributed by atoms with Gasteiger partial charge >= 0.3 is 0 Å². The fourth-order valence-corrected chi connectivity index (χ4v) is 3.88. The van der Waals surface area contributed by atoms with Crippen molar-refractivity contribution in [3.63, 3.8) is 0 Å². The van der Waals surface area contributed by atoms with E-state index < -0.39 is 22.3 Å². The quantitative estimate of drug-likeness (QED) is 0.409.